The Morgan fingerprint density at radius 3 is 3.06 bits per heavy atom. The van der Waals surface area contributed by atoms with Crippen LogP contribution in [0, 0.1) is 0 Å². The Morgan fingerprint density at radius 2 is 2.44 bits per heavy atom. The summed E-state index contributed by atoms with van der Waals surface area (Å²) in [7, 11) is 0. The fourth-order valence-electron chi connectivity index (χ4n) is 1.99. The van der Waals surface area contributed by atoms with Gasteiger partial charge in [-0.15, -0.1) is 0 Å². The van der Waals surface area contributed by atoms with Crippen molar-refractivity contribution in [1.29, 1.82) is 0 Å². The van der Waals surface area contributed by atoms with Crippen molar-refractivity contribution in [3.63, 3.8) is 0 Å². The topological polar surface area (TPSA) is 68.0 Å². The molecule has 0 radical (unpaired) electrons. The predicted octanol–water partition coefficient (Wildman–Crippen LogP) is 2.33. The number of anilines is 1. The van der Waals surface area contributed by atoms with Gasteiger partial charge in [0.25, 0.3) is 5.91 Å². The standard InChI is InChI=1S/C12H16ClN3OS/c1-12(3-2-4-18-12)7-15-11(17)8-5-9(13)16-10(14)6-8/h5-6H,2-4,7H2,1H3,(H2,14,16)(H,15,17). The Bertz CT molecular complexity index is 440. The molecule has 1 saturated heterocycles. The molecule has 1 aliphatic rings. The maximum Gasteiger partial charge on any atom is 0.251 e. The van der Waals surface area contributed by atoms with Crippen LogP contribution in [0.5, 0.6) is 0 Å². The number of aromatic nitrogens is 1. The van der Waals surface area contributed by atoms with Gasteiger partial charge in [0.2, 0.25) is 0 Å². The molecule has 1 unspecified atom stereocenters. The zero-order valence-corrected chi connectivity index (χ0v) is 11.8. The SMILES string of the molecule is CC1(CNC(=O)c2cc(N)nc(Cl)c2)CCCS1. The molecule has 4 nitrogen and oxygen atoms in total. The van der Waals surface area contributed by atoms with E-state index in [1.54, 1.807) is 0 Å². The van der Waals surface area contributed by atoms with Gasteiger partial charge < -0.3 is 11.1 Å². The monoisotopic (exact) mass is 285 g/mol. The molecule has 3 N–H and O–H groups in total. The number of nitrogen functional groups attached to an aromatic ring is 1. The highest BCUT2D eigenvalue weighted by molar-refractivity contribution is 8.00. The minimum atomic E-state index is -0.153. The van der Waals surface area contributed by atoms with E-state index in [4.69, 9.17) is 17.3 Å². The lowest BCUT2D eigenvalue weighted by atomic mass is 10.1. The molecule has 6 heteroatoms. The summed E-state index contributed by atoms with van der Waals surface area (Å²) in [6.45, 7) is 2.84. The second-order valence-electron chi connectivity index (χ2n) is 4.69. The minimum Gasteiger partial charge on any atom is -0.384 e. The molecule has 98 valence electrons. The molecular weight excluding hydrogens is 270 g/mol. The summed E-state index contributed by atoms with van der Waals surface area (Å²) in [4.78, 5) is 15.8. The van der Waals surface area contributed by atoms with E-state index in [1.165, 1.54) is 24.3 Å². The molecule has 0 aliphatic carbocycles. The van der Waals surface area contributed by atoms with Gasteiger partial charge in [0, 0.05) is 16.9 Å². The Morgan fingerprint density at radius 1 is 1.67 bits per heavy atom. The van der Waals surface area contributed by atoms with Gasteiger partial charge >= 0.3 is 0 Å². The number of rotatable bonds is 3. The number of carbonyl (C=O) groups excluding carboxylic acids is 1. The highest BCUT2D eigenvalue weighted by Crippen LogP contribution is 2.36. The molecule has 1 aromatic rings. The molecule has 0 bridgehead atoms. The molecule has 1 amide bonds. The smallest absolute Gasteiger partial charge is 0.251 e. The van der Waals surface area contributed by atoms with Gasteiger partial charge in [-0.3, -0.25) is 4.79 Å². The number of nitrogens with zero attached hydrogens (tertiary/aromatic N) is 1. The summed E-state index contributed by atoms with van der Waals surface area (Å²) in [5.41, 5.74) is 6.02. The summed E-state index contributed by atoms with van der Waals surface area (Å²) in [5, 5.41) is 3.17. The normalized spacial score (nSPS) is 23.0. The maximum atomic E-state index is 12.0. The third-order valence-electron chi connectivity index (χ3n) is 3.00. The Labute approximate surface area is 116 Å². The van der Waals surface area contributed by atoms with Crippen LogP contribution in [0.15, 0.2) is 12.1 Å². The van der Waals surface area contributed by atoms with E-state index in [0.717, 1.165) is 6.42 Å². The number of amides is 1. The van der Waals surface area contributed by atoms with Crippen LogP contribution in [0.2, 0.25) is 5.15 Å². The van der Waals surface area contributed by atoms with Crippen molar-refractivity contribution in [3.8, 4) is 0 Å². The van der Waals surface area contributed by atoms with Gasteiger partial charge in [-0.25, -0.2) is 4.98 Å². The zero-order valence-electron chi connectivity index (χ0n) is 10.2. The number of hydrogen-bond donors (Lipinski definition) is 2. The number of carbonyl (C=O) groups is 1. The van der Waals surface area contributed by atoms with Gasteiger partial charge in [-0.2, -0.15) is 11.8 Å². The maximum absolute atomic E-state index is 12.0. The summed E-state index contributed by atoms with van der Waals surface area (Å²) in [6, 6.07) is 3.06. The van der Waals surface area contributed by atoms with Crippen molar-refractivity contribution in [1.82, 2.24) is 10.3 Å². The van der Waals surface area contributed by atoms with Gasteiger partial charge in [-0.05, 0) is 37.7 Å². The number of nitrogens with two attached hydrogens (primary N) is 1. The first-order chi connectivity index (χ1) is 8.48. The van der Waals surface area contributed by atoms with E-state index in [2.05, 4.69) is 17.2 Å². The Hall–Kier alpha value is -0.940. The molecule has 1 aliphatic heterocycles. The minimum absolute atomic E-state index is 0.151. The van der Waals surface area contributed by atoms with E-state index < -0.39 is 0 Å². The van der Waals surface area contributed by atoms with Crippen LogP contribution in [0.25, 0.3) is 0 Å². The van der Waals surface area contributed by atoms with Gasteiger partial charge in [-0.1, -0.05) is 11.6 Å². The second kappa shape index (κ2) is 5.36. The molecule has 2 rings (SSSR count). The molecular formula is C12H16ClN3OS. The van der Waals surface area contributed by atoms with Crippen molar-refractivity contribution >= 4 is 35.1 Å². The van der Waals surface area contributed by atoms with Crippen LogP contribution in [0.4, 0.5) is 5.82 Å². The fraction of sp³-hybridized carbons (Fsp3) is 0.500. The first-order valence-corrected chi connectivity index (χ1v) is 7.20. The van der Waals surface area contributed by atoms with E-state index >= 15 is 0 Å². The summed E-state index contributed by atoms with van der Waals surface area (Å²) >= 11 is 7.68. The molecule has 1 atom stereocenters. The van der Waals surface area contributed by atoms with Crippen LogP contribution in [-0.2, 0) is 0 Å². The Balaban J connectivity index is 1.99. The number of pyridine rings is 1. The molecule has 18 heavy (non-hydrogen) atoms. The Kier molecular flexibility index (Phi) is 4.02. The molecule has 0 aromatic carbocycles. The third kappa shape index (κ3) is 3.29. The highest BCUT2D eigenvalue weighted by atomic mass is 35.5. The fourth-order valence-corrected chi connectivity index (χ4v) is 3.45. The second-order valence-corrected chi connectivity index (χ2v) is 6.76. The number of hydrogen-bond acceptors (Lipinski definition) is 4. The lowest BCUT2D eigenvalue weighted by molar-refractivity contribution is 0.0950. The summed E-state index contributed by atoms with van der Waals surface area (Å²) < 4.78 is 0.151. The van der Waals surface area contributed by atoms with Crippen molar-refractivity contribution in [2.45, 2.75) is 24.5 Å². The first kappa shape index (κ1) is 13.5. The zero-order chi connectivity index (χ0) is 13.2. The molecule has 0 spiro atoms. The number of thioether (sulfide) groups is 1. The third-order valence-corrected chi connectivity index (χ3v) is 4.73. The van der Waals surface area contributed by atoms with E-state index in [1.807, 2.05) is 11.8 Å². The van der Waals surface area contributed by atoms with Crippen LogP contribution in [0.1, 0.15) is 30.1 Å². The van der Waals surface area contributed by atoms with E-state index in [0.29, 0.717) is 12.1 Å². The van der Waals surface area contributed by atoms with Crippen molar-refractivity contribution in [2.24, 2.45) is 0 Å². The lowest BCUT2D eigenvalue weighted by Crippen LogP contribution is -2.36. The van der Waals surface area contributed by atoms with E-state index in [9.17, 15) is 4.79 Å². The van der Waals surface area contributed by atoms with Crippen LogP contribution >= 0.6 is 23.4 Å². The number of halogens is 1. The molecule has 1 aromatic heterocycles. The van der Waals surface area contributed by atoms with Crippen LogP contribution in [-0.4, -0.2) is 27.9 Å². The lowest BCUT2D eigenvalue weighted by Gasteiger charge is -2.22. The summed E-state index contributed by atoms with van der Waals surface area (Å²) in [5.74, 6) is 1.27. The molecule has 0 saturated carbocycles. The average molecular weight is 286 g/mol. The largest absolute Gasteiger partial charge is 0.384 e. The van der Waals surface area contributed by atoms with Gasteiger partial charge in [0.05, 0.1) is 0 Å². The van der Waals surface area contributed by atoms with Gasteiger partial charge in [0.15, 0.2) is 0 Å². The van der Waals surface area contributed by atoms with Crippen LogP contribution in [0.3, 0.4) is 0 Å². The van der Waals surface area contributed by atoms with Crippen molar-refractivity contribution in [3.05, 3.63) is 22.8 Å². The van der Waals surface area contributed by atoms with Crippen molar-refractivity contribution in [2.75, 3.05) is 18.0 Å². The first-order valence-electron chi connectivity index (χ1n) is 5.84. The molecule has 1 fully saturated rings. The quantitative estimate of drug-likeness (QED) is 0.837. The summed E-state index contributed by atoms with van der Waals surface area (Å²) in [6.07, 6.45) is 2.35. The predicted molar refractivity (Wildman–Crippen MR) is 76.1 cm³/mol. The average Bonchev–Trinajstić information content (AvgIpc) is 2.72. The van der Waals surface area contributed by atoms with Crippen molar-refractivity contribution < 1.29 is 4.79 Å². The van der Waals surface area contributed by atoms with Crippen LogP contribution < -0.4 is 11.1 Å². The number of nitrogens with one attached hydrogen (secondary N) is 1. The van der Waals surface area contributed by atoms with E-state index in [-0.39, 0.29) is 21.6 Å². The highest BCUT2D eigenvalue weighted by Gasteiger charge is 2.29. The van der Waals surface area contributed by atoms with Gasteiger partial charge in [0.1, 0.15) is 11.0 Å². The molecule has 2 heterocycles.